The minimum atomic E-state index is 0.236. The summed E-state index contributed by atoms with van der Waals surface area (Å²) in [6.45, 7) is 12.3. The summed E-state index contributed by atoms with van der Waals surface area (Å²) in [5.41, 5.74) is 0.296. The Labute approximate surface area is 93.2 Å². The molecule has 1 amide bonds. The molecule has 0 spiro atoms. The van der Waals surface area contributed by atoms with Crippen LogP contribution in [-0.2, 0) is 4.79 Å². The van der Waals surface area contributed by atoms with Crippen molar-refractivity contribution in [3.8, 4) is 0 Å². The van der Waals surface area contributed by atoms with E-state index < -0.39 is 0 Å². The average molecular weight is 212 g/mol. The molecule has 1 unspecified atom stereocenters. The van der Waals surface area contributed by atoms with E-state index in [4.69, 9.17) is 0 Å². The molecule has 1 N–H and O–H groups in total. The zero-order chi connectivity index (χ0) is 11.6. The Hall–Kier alpha value is -0.570. The standard InChI is InChI=1S/C12H24N2O/c1-9(2)11-13-8-10(15)14(11)7-6-12(3,4)5/h9,11,13H,6-8H2,1-5H3. The van der Waals surface area contributed by atoms with E-state index in [2.05, 4.69) is 39.9 Å². The molecule has 1 fully saturated rings. The fourth-order valence-electron chi connectivity index (χ4n) is 1.87. The van der Waals surface area contributed by atoms with Gasteiger partial charge in [0.2, 0.25) is 5.91 Å². The van der Waals surface area contributed by atoms with Crippen molar-refractivity contribution in [3.63, 3.8) is 0 Å². The van der Waals surface area contributed by atoms with Crippen LogP contribution in [0.3, 0.4) is 0 Å². The van der Waals surface area contributed by atoms with E-state index in [-0.39, 0.29) is 12.1 Å². The molecule has 0 aliphatic carbocycles. The number of amides is 1. The van der Waals surface area contributed by atoms with Crippen LogP contribution in [0.5, 0.6) is 0 Å². The number of hydrogen-bond acceptors (Lipinski definition) is 2. The molecule has 3 heteroatoms. The van der Waals surface area contributed by atoms with Gasteiger partial charge < -0.3 is 4.90 Å². The Morgan fingerprint density at radius 1 is 1.47 bits per heavy atom. The van der Waals surface area contributed by atoms with Gasteiger partial charge in [-0.15, -0.1) is 0 Å². The highest BCUT2D eigenvalue weighted by Crippen LogP contribution is 2.22. The van der Waals surface area contributed by atoms with Crippen LogP contribution in [0.2, 0.25) is 0 Å². The van der Waals surface area contributed by atoms with E-state index in [0.717, 1.165) is 13.0 Å². The molecule has 3 nitrogen and oxygen atoms in total. The van der Waals surface area contributed by atoms with Crippen LogP contribution in [0.1, 0.15) is 41.0 Å². The lowest BCUT2D eigenvalue weighted by Crippen LogP contribution is -2.42. The van der Waals surface area contributed by atoms with E-state index in [9.17, 15) is 4.79 Å². The van der Waals surface area contributed by atoms with Gasteiger partial charge in [0.05, 0.1) is 12.7 Å². The first-order valence-electron chi connectivity index (χ1n) is 5.84. The number of carbonyl (C=O) groups is 1. The van der Waals surface area contributed by atoms with Gasteiger partial charge in [-0.1, -0.05) is 34.6 Å². The largest absolute Gasteiger partial charge is 0.326 e. The maximum absolute atomic E-state index is 11.7. The van der Waals surface area contributed by atoms with Crippen LogP contribution >= 0.6 is 0 Å². The summed E-state index contributed by atoms with van der Waals surface area (Å²) in [5.74, 6) is 0.731. The molecule has 1 rings (SSSR count). The summed E-state index contributed by atoms with van der Waals surface area (Å²) in [6, 6.07) is 0. The van der Waals surface area contributed by atoms with Crippen molar-refractivity contribution < 1.29 is 4.79 Å². The van der Waals surface area contributed by atoms with Gasteiger partial charge in [0.25, 0.3) is 0 Å². The summed E-state index contributed by atoms with van der Waals surface area (Å²) in [5, 5.41) is 3.27. The van der Waals surface area contributed by atoms with E-state index in [0.29, 0.717) is 17.9 Å². The summed E-state index contributed by atoms with van der Waals surface area (Å²) >= 11 is 0. The zero-order valence-corrected chi connectivity index (χ0v) is 10.6. The molecule has 0 aromatic carbocycles. The van der Waals surface area contributed by atoms with Crippen LogP contribution in [0.25, 0.3) is 0 Å². The highest BCUT2D eigenvalue weighted by Gasteiger charge is 2.32. The third-order valence-electron chi connectivity index (χ3n) is 2.85. The topological polar surface area (TPSA) is 32.3 Å². The molecule has 0 radical (unpaired) electrons. The van der Waals surface area contributed by atoms with Gasteiger partial charge in [-0.3, -0.25) is 10.1 Å². The molecule has 0 bridgehead atoms. The van der Waals surface area contributed by atoms with Gasteiger partial charge in [-0.25, -0.2) is 0 Å². The first-order valence-corrected chi connectivity index (χ1v) is 5.84. The molecule has 0 saturated carbocycles. The molecule has 88 valence electrons. The second-order valence-corrected chi connectivity index (χ2v) is 5.97. The second kappa shape index (κ2) is 4.52. The van der Waals surface area contributed by atoms with Gasteiger partial charge in [0.15, 0.2) is 0 Å². The smallest absolute Gasteiger partial charge is 0.237 e. The summed E-state index contributed by atoms with van der Waals surface area (Å²) < 4.78 is 0. The maximum Gasteiger partial charge on any atom is 0.237 e. The van der Waals surface area contributed by atoms with Crippen molar-refractivity contribution in [1.29, 1.82) is 0 Å². The highest BCUT2D eigenvalue weighted by atomic mass is 16.2. The normalized spacial score (nSPS) is 22.9. The fourth-order valence-corrected chi connectivity index (χ4v) is 1.87. The van der Waals surface area contributed by atoms with Gasteiger partial charge in [0.1, 0.15) is 0 Å². The van der Waals surface area contributed by atoms with Crippen molar-refractivity contribution in [3.05, 3.63) is 0 Å². The lowest BCUT2D eigenvalue weighted by molar-refractivity contribution is -0.128. The van der Waals surface area contributed by atoms with Crippen LogP contribution in [-0.4, -0.2) is 30.1 Å². The molecule has 1 heterocycles. The van der Waals surface area contributed by atoms with Gasteiger partial charge >= 0.3 is 0 Å². The Balaban J connectivity index is 2.54. The van der Waals surface area contributed by atoms with Crippen molar-refractivity contribution in [2.24, 2.45) is 11.3 Å². The Kier molecular flexibility index (Phi) is 3.77. The molecule has 15 heavy (non-hydrogen) atoms. The number of rotatable bonds is 3. The van der Waals surface area contributed by atoms with E-state index in [1.807, 2.05) is 4.90 Å². The molecule has 0 aromatic heterocycles. The average Bonchev–Trinajstić information content (AvgIpc) is 2.42. The van der Waals surface area contributed by atoms with Crippen LogP contribution in [0.4, 0.5) is 0 Å². The Morgan fingerprint density at radius 2 is 2.07 bits per heavy atom. The van der Waals surface area contributed by atoms with E-state index in [1.165, 1.54) is 0 Å². The molecule has 1 saturated heterocycles. The monoisotopic (exact) mass is 212 g/mol. The Bertz CT molecular complexity index is 230. The molecular formula is C12H24N2O. The van der Waals surface area contributed by atoms with Gasteiger partial charge in [-0.2, -0.15) is 0 Å². The Morgan fingerprint density at radius 3 is 2.53 bits per heavy atom. The van der Waals surface area contributed by atoms with Gasteiger partial charge in [-0.05, 0) is 17.8 Å². The molecule has 1 aliphatic heterocycles. The third-order valence-corrected chi connectivity index (χ3v) is 2.85. The number of carbonyl (C=O) groups excluding carboxylic acids is 1. The highest BCUT2D eigenvalue weighted by molar-refractivity contribution is 5.80. The predicted molar refractivity (Wildman–Crippen MR) is 62.4 cm³/mol. The zero-order valence-electron chi connectivity index (χ0n) is 10.6. The predicted octanol–water partition coefficient (Wildman–Crippen LogP) is 1.84. The molecular weight excluding hydrogens is 188 g/mol. The minimum Gasteiger partial charge on any atom is -0.326 e. The molecule has 0 aromatic rings. The van der Waals surface area contributed by atoms with E-state index in [1.54, 1.807) is 0 Å². The van der Waals surface area contributed by atoms with Crippen molar-refractivity contribution >= 4 is 5.91 Å². The van der Waals surface area contributed by atoms with Crippen molar-refractivity contribution in [2.45, 2.75) is 47.2 Å². The second-order valence-electron chi connectivity index (χ2n) is 5.97. The SMILES string of the molecule is CC(C)C1NCC(=O)N1CCC(C)(C)C. The third kappa shape index (κ3) is 3.49. The lowest BCUT2D eigenvalue weighted by atomic mass is 9.92. The van der Waals surface area contributed by atoms with Crippen LogP contribution in [0.15, 0.2) is 0 Å². The first kappa shape index (κ1) is 12.5. The first-order chi connectivity index (χ1) is 6.81. The van der Waals surface area contributed by atoms with Crippen LogP contribution < -0.4 is 5.32 Å². The summed E-state index contributed by atoms with van der Waals surface area (Å²) in [4.78, 5) is 13.7. The van der Waals surface area contributed by atoms with E-state index >= 15 is 0 Å². The molecule has 1 atom stereocenters. The maximum atomic E-state index is 11.7. The van der Waals surface area contributed by atoms with Gasteiger partial charge in [0, 0.05) is 6.54 Å². The summed E-state index contributed by atoms with van der Waals surface area (Å²) in [6.07, 6.45) is 1.30. The fraction of sp³-hybridized carbons (Fsp3) is 0.917. The summed E-state index contributed by atoms with van der Waals surface area (Å²) in [7, 11) is 0. The number of hydrogen-bond donors (Lipinski definition) is 1. The van der Waals surface area contributed by atoms with Crippen molar-refractivity contribution in [1.82, 2.24) is 10.2 Å². The quantitative estimate of drug-likeness (QED) is 0.774. The van der Waals surface area contributed by atoms with Crippen LogP contribution in [0, 0.1) is 11.3 Å². The minimum absolute atomic E-state index is 0.236. The number of nitrogens with one attached hydrogen (secondary N) is 1. The molecule has 1 aliphatic rings. The number of nitrogens with zero attached hydrogens (tertiary/aromatic N) is 1. The lowest BCUT2D eigenvalue weighted by Gasteiger charge is -2.30. The van der Waals surface area contributed by atoms with Crippen molar-refractivity contribution in [2.75, 3.05) is 13.1 Å².